The van der Waals surface area contributed by atoms with E-state index in [1.165, 1.54) is 6.07 Å². The molecule has 1 spiro atoms. The van der Waals surface area contributed by atoms with Gasteiger partial charge in [0.15, 0.2) is 5.11 Å². The summed E-state index contributed by atoms with van der Waals surface area (Å²) in [7, 11) is 0. The molecule has 186 valence electrons. The Morgan fingerprint density at radius 1 is 1.06 bits per heavy atom. The number of rotatable bonds is 4. The van der Waals surface area contributed by atoms with E-state index < -0.39 is 11.4 Å². The van der Waals surface area contributed by atoms with Crippen LogP contribution in [0.2, 0.25) is 15.1 Å². The van der Waals surface area contributed by atoms with Gasteiger partial charge in [0.25, 0.3) is 0 Å². The maximum absolute atomic E-state index is 13.9. The van der Waals surface area contributed by atoms with Crippen molar-refractivity contribution < 1.29 is 4.39 Å². The van der Waals surface area contributed by atoms with Gasteiger partial charge in [-0.15, -0.1) is 0 Å². The Morgan fingerprint density at radius 3 is 2.40 bits per heavy atom. The van der Waals surface area contributed by atoms with Gasteiger partial charge in [0.2, 0.25) is 0 Å². The summed E-state index contributed by atoms with van der Waals surface area (Å²) in [6.45, 7) is 6.48. The first kappa shape index (κ1) is 26.4. The molecule has 1 saturated carbocycles. The van der Waals surface area contributed by atoms with E-state index >= 15 is 0 Å². The summed E-state index contributed by atoms with van der Waals surface area (Å²) in [5.41, 5.74) is 1.09. The summed E-state index contributed by atoms with van der Waals surface area (Å²) in [6, 6.07) is 10.1. The van der Waals surface area contributed by atoms with Gasteiger partial charge in [0.1, 0.15) is 17.2 Å². The number of thiocarbonyl (C=S) groups is 1. The van der Waals surface area contributed by atoms with E-state index in [0.717, 1.165) is 49.2 Å². The first-order valence-corrected chi connectivity index (χ1v) is 13.3. The molecule has 0 unspecified atom stereocenters. The van der Waals surface area contributed by atoms with Crippen LogP contribution in [-0.2, 0) is 0 Å². The highest BCUT2D eigenvalue weighted by molar-refractivity contribution is 7.80. The maximum atomic E-state index is 13.9. The molecule has 1 aliphatic carbocycles. The minimum atomic E-state index is -0.445. The summed E-state index contributed by atoms with van der Waals surface area (Å²) >= 11 is 24.4. The van der Waals surface area contributed by atoms with E-state index in [1.54, 1.807) is 18.2 Å². The average Bonchev–Trinajstić information content (AvgIpc) is 3.04. The largest absolute Gasteiger partial charge is 0.319 e. The van der Waals surface area contributed by atoms with Gasteiger partial charge in [-0.3, -0.25) is 4.99 Å². The molecule has 1 saturated heterocycles. The van der Waals surface area contributed by atoms with Gasteiger partial charge < -0.3 is 10.2 Å². The van der Waals surface area contributed by atoms with Crippen LogP contribution in [0.25, 0.3) is 6.08 Å². The van der Waals surface area contributed by atoms with Gasteiger partial charge in [0, 0.05) is 15.7 Å². The third-order valence-electron chi connectivity index (χ3n) is 6.72. The number of aliphatic imine (C=N–C) groups is 1. The monoisotopic (exact) mass is 551 g/mol. The topological polar surface area (TPSA) is 27.6 Å². The van der Waals surface area contributed by atoms with Crippen LogP contribution < -0.4 is 10.2 Å². The molecule has 0 bridgehead atoms. The number of nitrogens with zero attached hydrogens (tertiary/aromatic N) is 2. The second kappa shape index (κ2) is 10.4. The van der Waals surface area contributed by atoms with Gasteiger partial charge >= 0.3 is 0 Å². The van der Waals surface area contributed by atoms with Crippen molar-refractivity contribution in [2.24, 2.45) is 10.4 Å². The number of amidine groups is 1. The molecule has 1 heterocycles. The highest BCUT2D eigenvalue weighted by Crippen LogP contribution is 2.42. The summed E-state index contributed by atoms with van der Waals surface area (Å²) in [6.07, 6.45) is 9.17. The molecule has 8 heteroatoms. The Balaban J connectivity index is 1.76. The normalized spacial score (nSPS) is 20.1. The molecule has 35 heavy (non-hydrogen) atoms. The standard InChI is InChI=1S/C27H29Cl3FN3S/c1-26(2,3)23(12-8-17-7-9-18(28)15-20(17)29)32-24-27(13-5-4-6-14-27)34(25(35)33-24)19-10-11-22(31)21(30)16-19/h7-12,15-16,23H,4-6,13-14H2,1-3H3,(H,32,33,35)/b12-8+/t23-/m1/s1. The summed E-state index contributed by atoms with van der Waals surface area (Å²) in [5.74, 6) is 0.410. The molecule has 1 N–H and O–H groups in total. The van der Waals surface area contributed by atoms with E-state index in [2.05, 4.69) is 37.1 Å². The molecule has 2 aliphatic rings. The quantitative estimate of drug-likeness (QED) is 0.384. The fourth-order valence-electron chi connectivity index (χ4n) is 4.81. The van der Waals surface area contributed by atoms with Crippen molar-refractivity contribution >= 4 is 69.7 Å². The van der Waals surface area contributed by atoms with E-state index in [-0.39, 0.29) is 16.5 Å². The zero-order chi connectivity index (χ0) is 25.4. The molecule has 0 radical (unpaired) electrons. The number of hydrogen-bond donors (Lipinski definition) is 1. The average molecular weight is 553 g/mol. The van der Waals surface area contributed by atoms with Crippen molar-refractivity contribution in [1.82, 2.24) is 5.32 Å². The van der Waals surface area contributed by atoms with Crippen molar-refractivity contribution in [2.75, 3.05) is 4.90 Å². The zero-order valence-electron chi connectivity index (χ0n) is 20.0. The van der Waals surface area contributed by atoms with Crippen LogP contribution in [-0.4, -0.2) is 22.5 Å². The van der Waals surface area contributed by atoms with Gasteiger partial charge in [-0.1, -0.05) is 93.1 Å². The number of nitrogens with one attached hydrogen (secondary N) is 1. The summed E-state index contributed by atoms with van der Waals surface area (Å²) in [4.78, 5) is 7.35. The van der Waals surface area contributed by atoms with Crippen LogP contribution >= 0.6 is 47.0 Å². The van der Waals surface area contributed by atoms with Crippen molar-refractivity contribution in [3.8, 4) is 0 Å². The van der Waals surface area contributed by atoms with Crippen LogP contribution in [0.3, 0.4) is 0 Å². The lowest BCUT2D eigenvalue weighted by atomic mass is 9.79. The van der Waals surface area contributed by atoms with E-state index in [0.29, 0.717) is 15.2 Å². The highest BCUT2D eigenvalue weighted by atomic mass is 35.5. The molecule has 2 fully saturated rings. The lowest BCUT2D eigenvalue weighted by molar-refractivity contribution is 0.357. The van der Waals surface area contributed by atoms with Crippen LogP contribution in [0.4, 0.5) is 10.1 Å². The van der Waals surface area contributed by atoms with E-state index in [4.69, 9.17) is 52.0 Å². The lowest BCUT2D eigenvalue weighted by Gasteiger charge is -2.41. The molecule has 0 aromatic heterocycles. The summed E-state index contributed by atoms with van der Waals surface area (Å²) in [5, 5.41) is 5.25. The second-order valence-corrected chi connectivity index (χ2v) is 11.9. The zero-order valence-corrected chi connectivity index (χ0v) is 23.1. The Labute approximate surface area is 227 Å². The summed E-state index contributed by atoms with van der Waals surface area (Å²) < 4.78 is 13.9. The number of anilines is 1. The van der Waals surface area contributed by atoms with Gasteiger partial charge in [-0.2, -0.15) is 0 Å². The molecule has 4 rings (SSSR count). The second-order valence-electron chi connectivity index (χ2n) is 10.3. The van der Waals surface area contributed by atoms with Gasteiger partial charge in [-0.05, 0) is 66.4 Å². The van der Waals surface area contributed by atoms with Crippen LogP contribution in [0.5, 0.6) is 0 Å². The fraction of sp³-hybridized carbons (Fsp3) is 0.407. The third-order valence-corrected chi connectivity index (χ3v) is 7.85. The smallest absolute Gasteiger partial charge is 0.179 e. The van der Waals surface area contributed by atoms with Crippen LogP contribution in [0, 0.1) is 11.2 Å². The lowest BCUT2D eigenvalue weighted by Crippen LogP contribution is -2.51. The number of benzene rings is 2. The van der Waals surface area contributed by atoms with Crippen molar-refractivity contribution in [3.05, 3.63) is 68.9 Å². The highest BCUT2D eigenvalue weighted by Gasteiger charge is 2.50. The van der Waals surface area contributed by atoms with Crippen molar-refractivity contribution in [2.45, 2.75) is 64.5 Å². The molecule has 1 aliphatic heterocycles. The van der Waals surface area contributed by atoms with Crippen molar-refractivity contribution in [1.29, 1.82) is 0 Å². The maximum Gasteiger partial charge on any atom is 0.179 e. The third kappa shape index (κ3) is 5.53. The molecule has 2 aromatic rings. The SMILES string of the molecule is CC(C)(C)[C@@H](/C=C/c1ccc(Cl)cc1Cl)N=C1NC(=S)N(c2ccc(F)c(Cl)c2)C12CCCCC2. The Hall–Kier alpha value is -1.66. The predicted molar refractivity (Wildman–Crippen MR) is 152 cm³/mol. The van der Waals surface area contributed by atoms with Crippen molar-refractivity contribution in [3.63, 3.8) is 0 Å². The molecular formula is C27H29Cl3FN3S. The molecule has 3 nitrogen and oxygen atoms in total. The number of hydrogen-bond acceptors (Lipinski definition) is 2. The molecule has 2 aromatic carbocycles. The number of halogens is 4. The van der Waals surface area contributed by atoms with Crippen LogP contribution in [0.1, 0.15) is 58.4 Å². The van der Waals surface area contributed by atoms with Gasteiger partial charge in [0.05, 0.1) is 11.1 Å². The molecule has 0 amide bonds. The molecular weight excluding hydrogens is 524 g/mol. The van der Waals surface area contributed by atoms with Gasteiger partial charge in [-0.25, -0.2) is 4.39 Å². The Kier molecular flexibility index (Phi) is 7.82. The Morgan fingerprint density at radius 2 is 1.77 bits per heavy atom. The van der Waals surface area contributed by atoms with E-state index in [1.807, 2.05) is 18.2 Å². The van der Waals surface area contributed by atoms with E-state index in [9.17, 15) is 4.39 Å². The minimum absolute atomic E-state index is 0.0805. The Bertz CT molecular complexity index is 1180. The van der Waals surface area contributed by atoms with Crippen LogP contribution in [0.15, 0.2) is 47.5 Å². The predicted octanol–water partition coefficient (Wildman–Crippen LogP) is 8.71. The first-order valence-electron chi connectivity index (χ1n) is 11.8. The first-order chi connectivity index (χ1) is 16.5. The fourth-order valence-corrected chi connectivity index (χ4v) is 5.83. The minimum Gasteiger partial charge on any atom is -0.319 e. The molecule has 1 atom stereocenters.